The second kappa shape index (κ2) is 7.68. The summed E-state index contributed by atoms with van der Waals surface area (Å²) >= 11 is 3.52. The van der Waals surface area contributed by atoms with Crippen LogP contribution in [-0.4, -0.2) is 28.5 Å². The van der Waals surface area contributed by atoms with Crippen molar-refractivity contribution in [2.75, 3.05) is 18.4 Å². The van der Waals surface area contributed by atoms with Gasteiger partial charge in [0.1, 0.15) is 0 Å². The summed E-state index contributed by atoms with van der Waals surface area (Å²) in [5, 5.41) is 9.41. The van der Waals surface area contributed by atoms with Crippen LogP contribution in [0.25, 0.3) is 10.2 Å². The largest absolute Gasteiger partial charge is 0.363 e. The van der Waals surface area contributed by atoms with E-state index < -0.39 is 0 Å². The fraction of sp³-hybridized carbons (Fsp3) is 0.300. The van der Waals surface area contributed by atoms with Crippen LogP contribution in [-0.2, 0) is 6.42 Å². The van der Waals surface area contributed by atoms with Crippen LogP contribution in [0.2, 0.25) is 0 Å². The highest BCUT2D eigenvalue weighted by molar-refractivity contribution is 8.14. The normalized spacial score (nSPS) is 18.4. The third kappa shape index (κ3) is 4.02. The van der Waals surface area contributed by atoms with E-state index in [4.69, 9.17) is 4.98 Å². The Balaban J connectivity index is 1.33. The second-order valence-corrected chi connectivity index (χ2v) is 8.97. The summed E-state index contributed by atoms with van der Waals surface area (Å²) in [4.78, 5) is 9.36. The van der Waals surface area contributed by atoms with E-state index in [0.29, 0.717) is 5.25 Å². The fourth-order valence-electron chi connectivity index (χ4n) is 2.90. The van der Waals surface area contributed by atoms with Gasteiger partial charge in [-0.1, -0.05) is 54.3 Å². The van der Waals surface area contributed by atoms with Crippen molar-refractivity contribution in [3.63, 3.8) is 0 Å². The molecule has 1 aliphatic rings. The number of aryl methyl sites for hydroxylation is 1. The van der Waals surface area contributed by atoms with Crippen LogP contribution < -0.4 is 10.6 Å². The molecule has 0 radical (unpaired) electrons. The molecule has 0 aliphatic carbocycles. The van der Waals surface area contributed by atoms with E-state index in [9.17, 15) is 0 Å². The number of nitrogens with one attached hydrogen (secondary N) is 2. The van der Waals surface area contributed by atoms with E-state index in [1.807, 2.05) is 0 Å². The van der Waals surface area contributed by atoms with Gasteiger partial charge in [0, 0.05) is 18.3 Å². The standard InChI is InChI=1S/C20H22N4S2/c1-13-4-3-5-17-18(13)24-19(26-17)21-11-10-15-6-8-16(9-7-15)23-20-22-12-14(2)25-20/h3-9,14H,10-12H2,1-2H3,(H,21,24)(H,22,23). The van der Waals surface area contributed by atoms with E-state index in [0.717, 1.165) is 41.0 Å². The summed E-state index contributed by atoms with van der Waals surface area (Å²) in [6, 6.07) is 14.8. The van der Waals surface area contributed by atoms with Crippen molar-refractivity contribution in [2.45, 2.75) is 25.5 Å². The number of thiazole rings is 1. The van der Waals surface area contributed by atoms with Gasteiger partial charge in [-0.25, -0.2) is 9.98 Å². The van der Waals surface area contributed by atoms with E-state index >= 15 is 0 Å². The van der Waals surface area contributed by atoms with Gasteiger partial charge in [-0.2, -0.15) is 0 Å². The molecule has 4 rings (SSSR count). The Labute approximate surface area is 162 Å². The molecule has 26 heavy (non-hydrogen) atoms. The molecule has 1 fully saturated rings. The third-order valence-electron chi connectivity index (χ3n) is 4.33. The van der Waals surface area contributed by atoms with Crippen molar-refractivity contribution in [2.24, 2.45) is 4.99 Å². The molecule has 2 aromatic carbocycles. The van der Waals surface area contributed by atoms with Gasteiger partial charge in [0.15, 0.2) is 10.3 Å². The van der Waals surface area contributed by atoms with Crippen molar-refractivity contribution in [1.82, 2.24) is 10.3 Å². The maximum atomic E-state index is 4.70. The quantitative estimate of drug-likeness (QED) is 0.654. The molecule has 1 atom stereocenters. The van der Waals surface area contributed by atoms with Crippen LogP contribution in [0.1, 0.15) is 18.1 Å². The maximum absolute atomic E-state index is 4.70. The van der Waals surface area contributed by atoms with Crippen molar-refractivity contribution >= 4 is 49.3 Å². The molecule has 134 valence electrons. The van der Waals surface area contributed by atoms with E-state index in [1.165, 1.54) is 15.8 Å². The summed E-state index contributed by atoms with van der Waals surface area (Å²) in [6.07, 6.45) is 0.968. The lowest BCUT2D eigenvalue weighted by molar-refractivity contribution is 0.891. The van der Waals surface area contributed by atoms with Gasteiger partial charge < -0.3 is 10.6 Å². The first-order chi connectivity index (χ1) is 12.7. The molecule has 4 nitrogen and oxygen atoms in total. The van der Waals surface area contributed by atoms with Crippen molar-refractivity contribution in [3.8, 4) is 0 Å². The van der Waals surface area contributed by atoms with Crippen LogP contribution in [0.4, 0.5) is 10.8 Å². The lowest BCUT2D eigenvalue weighted by atomic mass is 10.1. The van der Waals surface area contributed by atoms with E-state index in [1.54, 1.807) is 23.1 Å². The Kier molecular flexibility index (Phi) is 5.13. The number of thioether (sulfide) groups is 1. The zero-order chi connectivity index (χ0) is 17.9. The van der Waals surface area contributed by atoms with E-state index in [-0.39, 0.29) is 0 Å². The number of anilines is 1. The van der Waals surface area contributed by atoms with Gasteiger partial charge in [0.05, 0.1) is 15.9 Å². The third-order valence-corrected chi connectivity index (χ3v) is 6.34. The molecular weight excluding hydrogens is 360 g/mol. The lowest BCUT2D eigenvalue weighted by Gasteiger charge is -2.04. The molecule has 1 saturated heterocycles. The Morgan fingerprint density at radius 2 is 2.08 bits per heavy atom. The number of hydrogen-bond acceptors (Lipinski definition) is 5. The molecule has 1 unspecified atom stereocenters. The first-order valence-electron chi connectivity index (χ1n) is 8.85. The van der Waals surface area contributed by atoms with Gasteiger partial charge in [-0.15, -0.1) is 0 Å². The summed E-state index contributed by atoms with van der Waals surface area (Å²) in [5.74, 6) is 0. The Morgan fingerprint density at radius 1 is 1.23 bits per heavy atom. The summed E-state index contributed by atoms with van der Waals surface area (Å²) < 4.78 is 1.24. The van der Waals surface area contributed by atoms with Crippen molar-refractivity contribution in [3.05, 3.63) is 53.6 Å². The summed E-state index contributed by atoms with van der Waals surface area (Å²) in [7, 11) is 0. The molecular formula is C20H22N4S2. The van der Waals surface area contributed by atoms with Gasteiger partial charge in [0.2, 0.25) is 0 Å². The molecule has 0 amide bonds. The highest BCUT2D eigenvalue weighted by Gasteiger charge is 2.15. The summed E-state index contributed by atoms with van der Waals surface area (Å²) in [6.45, 7) is 6.19. The second-order valence-electron chi connectivity index (χ2n) is 6.51. The number of para-hydroxylation sites is 1. The van der Waals surface area contributed by atoms with Crippen LogP contribution in [0.3, 0.4) is 0 Å². The van der Waals surface area contributed by atoms with Crippen LogP contribution in [0.15, 0.2) is 47.5 Å². The first-order valence-corrected chi connectivity index (χ1v) is 10.6. The lowest BCUT2D eigenvalue weighted by Crippen LogP contribution is -2.14. The van der Waals surface area contributed by atoms with E-state index in [2.05, 4.69) is 71.9 Å². The van der Waals surface area contributed by atoms with Crippen molar-refractivity contribution in [1.29, 1.82) is 0 Å². The Morgan fingerprint density at radius 3 is 2.81 bits per heavy atom. The highest BCUT2D eigenvalue weighted by atomic mass is 32.2. The zero-order valence-corrected chi connectivity index (χ0v) is 16.6. The molecule has 1 aromatic heterocycles. The number of fused-ring (bicyclic) bond motifs is 1. The minimum absolute atomic E-state index is 0.602. The first kappa shape index (κ1) is 17.4. The van der Waals surface area contributed by atoms with Gasteiger partial charge in [0.25, 0.3) is 0 Å². The number of rotatable bonds is 5. The minimum atomic E-state index is 0.602. The predicted molar refractivity (Wildman–Crippen MR) is 115 cm³/mol. The highest BCUT2D eigenvalue weighted by Crippen LogP contribution is 2.28. The molecule has 0 spiro atoms. The Bertz CT molecular complexity index is 931. The molecule has 3 aromatic rings. The number of benzene rings is 2. The maximum Gasteiger partial charge on any atom is 0.183 e. The summed E-state index contributed by atoms with van der Waals surface area (Å²) in [5.41, 5.74) is 4.65. The fourth-order valence-corrected chi connectivity index (χ4v) is 4.74. The van der Waals surface area contributed by atoms with Crippen LogP contribution in [0, 0.1) is 6.92 Å². The SMILES string of the molecule is Cc1cccc2sc(NCCc3ccc(/N=C4/NCC(C)S4)cc3)nc12. The number of hydrogen-bond donors (Lipinski definition) is 2. The monoisotopic (exact) mass is 382 g/mol. The molecule has 2 N–H and O–H groups in total. The average molecular weight is 383 g/mol. The number of amidine groups is 1. The van der Waals surface area contributed by atoms with Gasteiger partial charge in [-0.3, -0.25) is 0 Å². The number of nitrogens with zero attached hydrogens (tertiary/aromatic N) is 2. The number of aliphatic imine (C=N–C) groups is 1. The average Bonchev–Trinajstić information content (AvgIpc) is 3.23. The smallest absolute Gasteiger partial charge is 0.183 e. The molecule has 2 heterocycles. The van der Waals surface area contributed by atoms with Crippen LogP contribution in [0.5, 0.6) is 0 Å². The minimum Gasteiger partial charge on any atom is -0.363 e. The molecule has 1 aliphatic heterocycles. The number of aromatic nitrogens is 1. The van der Waals surface area contributed by atoms with Gasteiger partial charge in [-0.05, 0) is 42.7 Å². The Hall–Kier alpha value is -2.05. The molecule has 6 heteroatoms. The molecule has 0 saturated carbocycles. The topological polar surface area (TPSA) is 49.3 Å². The zero-order valence-electron chi connectivity index (χ0n) is 15.0. The van der Waals surface area contributed by atoms with Crippen LogP contribution >= 0.6 is 23.1 Å². The van der Waals surface area contributed by atoms with Crippen molar-refractivity contribution < 1.29 is 0 Å². The molecule has 0 bridgehead atoms. The van der Waals surface area contributed by atoms with Gasteiger partial charge >= 0.3 is 0 Å². The predicted octanol–water partition coefficient (Wildman–Crippen LogP) is 4.97.